The van der Waals surface area contributed by atoms with Crippen LogP contribution in [0.4, 0.5) is 13.2 Å². The van der Waals surface area contributed by atoms with Crippen LogP contribution >= 0.6 is 0 Å². The van der Waals surface area contributed by atoms with E-state index in [9.17, 15) is 13.2 Å². The Kier molecular flexibility index (Phi) is 3.51. The molecular formula is C8H12F3N3. The van der Waals surface area contributed by atoms with Gasteiger partial charge in [0.1, 0.15) is 0 Å². The van der Waals surface area contributed by atoms with Gasteiger partial charge in [-0.05, 0) is 18.5 Å². The average molecular weight is 207 g/mol. The van der Waals surface area contributed by atoms with Gasteiger partial charge in [-0.1, -0.05) is 0 Å². The third-order valence-electron chi connectivity index (χ3n) is 1.67. The van der Waals surface area contributed by atoms with Gasteiger partial charge >= 0.3 is 6.18 Å². The van der Waals surface area contributed by atoms with Crippen molar-refractivity contribution in [1.82, 2.24) is 15.1 Å². The Balaban J connectivity index is 2.16. The van der Waals surface area contributed by atoms with E-state index in [1.807, 2.05) is 0 Å². The van der Waals surface area contributed by atoms with Gasteiger partial charge in [0.2, 0.25) is 0 Å². The van der Waals surface area contributed by atoms with E-state index >= 15 is 0 Å². The molecule has 0 fully saturated rings. The molecule has 0 spiro atoms. The van der Waals surface area contributed by atoms with Crippen LogP contribution in [0.5, 0.6) is 0 Å². The molecule has 80 valence electrons. The van der Waals surface area contributed by atoms with Crippen molar-refractivity contribution in [2.75, 3.05) is 13.1 Å². The highest BCUT2D eigenvalue weighted by atomic mass is 19.4. The topological polar surface area (TPSA) is 29.9 Å². The van der Waals surface area contributed by atoms with E-state index in [4.69, 9.17) is 0 Å². The number of nitrogens with zero attached hydrogens (tertiary/aromatic N) is 2. The maximum absolute atomic E-state index is 11.7. The molecular weight excluding hydrogens is 195 g/mol. The van der Waals surface area contributed by atoms with E-state index in [-0.39, 0.29) is 0 Å². The second-order valence-corrected chi connectivity index (χ2v) is 3.06. The fraction of sp³-hybridized carbons (Fsp3) is 0.625. The molecule has 0 radical (unpaired) electrons. The fourth-order valence-electron chi connectivity index (χ4n) is 1.06. The fourth-order valence-corrected chi connectivity index (χ4v) is 1.06. The largest absolute Gasteiger partial charge is 0.401 e. The van der Waals surface area contributed by atoms with Crippen molar-refractivity contribution in [2.45, 2.75) is 12.6 Å². The molecule has 0 aliphatic carbocycles. The summed E-state index contributed by atoms with van der Waals surface area (Å²) < 4.78 is 36.7. The SMILES string of the molecule is Cn1cc(CCNCC(F)(F)F)cn1. The first kappa shape index (κ1) is 11.0. The summed E-state index contributed by atoms with van der Waals surface area (Å²) in [5.74, 6) is 0. The maximum Gasteiger partial charge on any atom is 0.401 e. The van der Waals surface area contributed by atoms with Crippen LogP contribution in [-0.4, -0.2) is 29.0 Å². The molecule has 0 aromatic carbocycles. The Bertz CT molecular complexity index is 280. The standard InChI is InChI=1S/C8H12F3N3/c1-14-5-7(4-13-14)2-3-12-6-8(9,10)11/h4-5,12H,2-3,6H2,1H3. The molecule has 1 heterocycles. The predicted octanol–water partition coefficient (Wildman–Crippen LogP) is 1.11. The Morgan fingerprint density at radius 2 is 2.21 bits per heavy atom. The van der Waals surface area contributed by atoms with Crippen molar-refractivity contribution in [3.05, 3.63) is 18.0 Å². The molecule has 0 aliphatic heterocycles. The molecule has 0 saturated heterocycles. The van der Waals surface area contributed by atoms with Gasteiger partial charge in [-0.15, -0.1) is 0 Å². The lowest BCUT2D eigenvalue weighted by molar-refractivity contribution is -0.124. The molecule has 14 heavy (non-hydrogen) atoms. The van der Waals surface area contributed by atoms with E-state index in [2.05, 4.69) is 10.4 Å². The van der Waals surface area contributed by atoms with Crippen molar-refractivity contribution in [2.24, 2.45) is 7.05 Å². The summed E-state index contributed by atoms with van der Waals surface area (Å²) in [4.78, 5) is 0. The van der Waals surface area contributed by atoms with Gasteiger partial charge in [0.15, 0.2) is 0 Å². The van der Waals surface area contributed by atoms with Crippen LogP contribution in [0.25, 0.3) is 0 Å². The first-order valence-corrected chi connectivity index (χ1v) is 4.22. The zero-order valence-electron chi connectivity index (χ0n) is 7.80. The summed E-state index contributed by atoms with van der Waals surface area (Å²) in [7, 11) is 1.77. The lowest BCUT2D eigenvalue weighted by Crippen LogP contribution is -2.30. The second-order valence-electron chi connectivity index (χ2n) is 3.06. The quantitative estimate of drug-likeness (QED) is 0.750. The number of alkyl halides is 3. The summed E-state index contributed by atoms with van der Waals surface area (Å²) in [5.41, 5.74) is 0.933. The number of hydrogen-bond acceptors (Lipinski definition) is 2. The highest BCUT2D eigenvalue weighted by Gasteiger charge is 2.25. The highest BCUT2D eigenvalue weighted by molar-refractivity contribution is 5.03. The second kappa shape index (κ2) is 4.45. The molecule has 1 rings (SSSR count). The Morgan fingerprint density at radius 1 is 1.50 bits per heavy atom. The summed E-state index contributed by atoms with van der Waals surface area (Å²) in [6.45, 7) is -0.627. The summed E-state index contributed by atoms with van der Waals surface area (Å²) in [6, 6.07) is 0. The van der Waals surface area contributed by atoms with Crippen LogP contribution in [0.3, 0.4) is 0 Å². The monoisotopic (exact) mass is 207 g/mol. The van der Waals surface area contributed by atoms with E-state index in [1.165, 1.54) is 0 Å². The molecule has 0 unspecified atom stereocenters. The van der Waals surface area contributed by atoms with Gasteiger partial charge in [0.25, 0.3) is 0 Å². The Morgan fingerprint density at radius 3 is 2.71 bits per heavy atom. The van der Waals surface area contributed by atoms with E-state index in [1.54, 1.807) is 24.1 Å². The molecule has 6 heteroatoms. The average Bonchev–Trinajstić information content (AvgIpc) is 2.44. The van der Waals surface area contributed by atoms with Crippen molar-refractivity contribution < 1.29 is 13.2 Å². The third kappa shape index (κ3) is 4.27. The number of hydrogen-bond donors (Lipinski definition) is 1. The zero-order valence-corrected chi connectivity index (χ0v) is 7.80. The van der Waals surface area contributed by atoms with Crippen LogP contribution in [0, 0.1) is 0 Å². The number of halogens is 3. The van der Waals surface area contributed by atoms with Gasteiger partial charge in [0.05, 0.1) is 12.7 Å². The van der Waals surface area contributed by atoms with Gasteiger partial charge in [-0.2, -0.15) is 18.3 Å². The molecule has 0 bridgehead atoms. The van der Waals surface area contributed by atoms with E-state index in [0.717, 1.165) is 5.56 Å². The lowest BCUT2D eigenvalue weighted by atomic mass is 10.2. The van der Waals surface area contributed by atoms with E-state index in [0.29, 0.717) is 13.0 Å². The summed E-state index contributed by atoms with van der Waals surface area (Å²) in [5, 5.41) is 6.23. The van der Waals surface area contributed by atoms with Crippen molar-refractivity contribution in [3.8, 4) is 0 Å². The maximum atomic E-state index is 11.7. The number of rotatable bonds is 4. The molecule has 1 aromatic heterocycles. The van der Waals surface area contributed by atoms with Crippen LogP contribution in [0.15, 0.2) is 12.4 Å². The summed E-state index contributed by atoms with van der Waals surface area (Å²) in [6.07, 6.45) is -0.136. The lowest BCUT2D eigenvalue weighted by Gasteiger charge is -2.06. The van der Waals surface area contributed by atoms with Crippen LogP contribution in [0.1, 0.15) is 5.56 Å². The van der Waals surface area contributed by atoms with Gasteiger partial charge < -0.3 is 5.32 Å². The van der Waals surface area contributed by atoms with Crippen LogP contribution in [0.2, 0.25) is 0 Å². The van der Waals surface area contributed by atoms with Crippen molar-refractivity contribution >= 4 is 0 Å². The minimum atomic E-state index is -4.13. The molecule has 0 amide bonds. The molecule has 0 saturated carbocycles. The molecule has 0 atom stereocenters. The van der Waals surface area contributed by atoms with Crippen molar-refractivity contribution in [1.29, 1.82) is 0 Å². The normalized spacial score (nSPS) is 12.0. The molecule has 0 aliphatic rings. The number of nitrogens with one attached hydrogen (secondary N) is 1. The Hall–Kier alpha value is -1.04. The minimum absolute atomic E-state index is 0.311. The summed E-state index contributed by atoms with van der Waals surface area (Å²) >= 11 is 0. The zero-order chi connectivity index (χ0) is 10.6. The number of aryl methyl sites for hydroxylation is 1. The van der Waals surface area contributed by atoms with Crippen LogP contribution < -0.4 is 5.32 Å². The van der Waals surface area contributed by atoms with Crippen molar-refractivity contribution in [3.63, 3.8) is 0 Å². The Labute approximate surface area is 79.9 Å². The van der Waals surface area contributed by atoms with Gasteiger partial charge in [0, 0.05) is 13.2 Å². The molecule has 1 aromatic rings. The molecule has 3 nitrogen and oxygen atoms in total. The van der Waals surface area contributed by atoms with E-state index < -0.39 is 12.7 Å². The predicted molar refractivity (Wildman–Crippen MR) is 45.8 cm³/mol. The molecule has 1 N–H and O–H groups in total. The van der Waals surface area contributed by atoms with Gasteiger partial charge in [-0.25, -0.2) is 0 Å². The number of aromatic nitrogens is 2. The highest BCUT2D eigenvalue weighted by Crippen LogP contribution is 2.11. The smallest absolute Gasteiger partial charge is 0.308 e. The third-order valence-corrected chi connectivity index (χ3v) is 1.67. The van der Waals surface area contributed by atoms with Crippen LogP contribution in [-0.2, 0) is 13.5 Å². The minimum Gasteiger partial charge on any atom is -0.308 e. The first-order valence-electron chi connectivity index (χ1n) is 4.22. The van der Waals surface area contributed by atoms with Gasteiger partial charge in [-0.3, -0.25) is 4.68 Å². The first-order chi connectivity index (χ1) is 6.47.